The first-order valence-corrected chi connectivity index (χ1v) is 12.5. The molecule has 3 heterocycles. The molecule has 6 rings (SSSR count). The lowest BCUT2D eigenvalue weighted by Gasteiger charge is -2.35. The number of rotatable bonds is 6. The SMILES string of the molecule is COc1ccc(CN2C(=O)C3C(C2=O)C2c4ccccc4C=CN2C3C(=O)Nc2ccc(OC)cc2)cc1. The van der Waals surface area contributed by atoms with Crippen molar-refractivity contribution in [2.24, 2.45) is 11.8 Å². The number of benzene rings is 3. The van der Waals surface area contributed by atoms with Gasteiger partial charge in [-0.05, 0) is 59.2 Å². The smallest absolute Gasteiger partial charge is 0.247 e. The molecule has 3 aromatic rings. The zero-order chi connectivity index (χ0) is 26.4. The quantitative estimate of drug-likeness (QED) is 0.508. The Labute approximate surface area is 220 Å². The number of ether oxygens (including phenoxy) is 2. The molecule has 4 unspecified atom stereocenters. The number of fused-ring (bicyclic) bond motifs is 5. The molecular weight excluding hydrogens is 482 g/mol. The van der Waals surface area contributed by atoms with Crippen molar-refractivity contribution in [3.8, 4) is 11.5 Å². The van der Waals surface area contributed by atoms with E-state index in [4.69, 9.17) is 9.47 Å². The Hall–Kier alpha value is -4.59. The number of carbonyl (C=O) groups is 3. The van der Waals surface area contributed by atoms with E-state index >= 15 is 0 Å². The van der Waals surface area contributed by atoms with Gasteiger partial charge in [-0.15, -0.1) is 0 Å². The highest BCUT2D eigenvalue weighted by atomic mass is 16.5. The van der Waals surface area contributed by atoms with Gasteiger partial charge in [0.2, 0.25) is 17.7 Å². The van der Waals surface area contributed by atoms with Crippen LogP contribution in [0.4, 0.5) is 5.69 Å². The van der Waals surface area contributed by atoms with E-state index in [0.717, 1.165) is 16.7 Å². The lowest BCUT2D eigenvalue weighted by molar-refractivity contribution is -0.143. The molecule has 3 aliphatic rings. The second-order valence-corrected chi connectivity index (χ2v) is 9.66. The molecule has 4 atom stereocenters. The fraction of sp³-hybridized carbons (Fsp3) is 0.233. The molecule has 0 aromatic heterocycles. The van der Waals surface area contributed by atoms with E-state index in [1.807, 2.05) is 53.6 Å². The van der Waals surface area contributed by atoms with Gasteiger partial charge in [-0.3, -0.25) is 19.3 Å². The fourth-order valence-electron chi connectivity index (χ4n) is 5.88. The number of hydrogen-bond donors (Lipinski definition) is 1. The molecular formula is C30H27N3O5. The Morgan fingerprint density at radius 2 is 1.47 bits per heavy atom. The largest absolute Gasteiger partial charge is 0.497 e. The Bertz CT molecular complexity index is 1430. The van der Waals surface area contributed by atoms with Crippen LogP contribution >= 0.6 is 0 Å². The normalized spacial score (nSPS) is 23.1. The Balaban J connectivity index is 1.35. The predicted molar refractivity (Wildman–Crippen MR) is 141 cm³/mol. The monoisotopic (exact) mass is 509 g/mol. The second-order valence-electron chi connectivity index (χ2n) is 9.66. The average Bonchev–Trinajstić information content (AvgIpc) is 3.42. The van der Waals surface area contributed by atoms with Crippen molar-refractivity contribution in [1.29, 1.82) is 0 Å². The van der Waals surface area contributed by atoms with Gasteiger partial charge in [0.05, 0.1) is 38.6 Å². The van der Waals surface area contributed by atoms with Gasteiger partial charge in [-0.1, -0.05) is 36.4 Å². The summed E-state index contributed by atoms with van der Waals surface area (Å²) in [6, 6.07) is 20.9. The lowest BCUT2D eigenvalue weighted by Crippen LogP contribution is -2.46. The first-order valence-electron chi connectivity index (χ1n) is 12.5. The molecule has 38 heavy (non-hydrogen) atoms. The van der Waals surface area contributed by atoms with Crippen LogP contribution in [0.5, 0.6) is 11.5 Å². The van der Waals surface area contributed by atoms with Crippen LogP contribution in [0.15, 0.2) is 79.0 Å². The summed E-state index contributed by atoms with van der Waals surface area (Å²) in [5, 5.41) is 2.95. The Morgan fingerprint density at radius 1 is 0.842 bits per heavy atom. The molecule has 2 saturated heterocycles. The third kappa shape index (κ3) is 3.80. The zero-order valence-electron chi connectivity index (χ0n) is 21.0. The van der Waals surface area contributed by atoms with Gasteiger partial charge in [0.15, 0.2) is 0 Å². The fourth-order valence-corrected chi connectivity index (χ4v) is 5.88. The van der Waals surface area contributed by atoms with Gasteiger partial charge in [0.1, 0.15) is 17.5 Å². The Kier molecular flexibility index (Phi) is 5.87. The summed E-state index contributed by atoms with van der Waals surface area (Å²) in [5.74, 6) is -1.02. The number of amides is 3. The first kappa shape index (κ1) is 23.8. The standard InChI is InChI=1S/C30H27N3O5/c1-37-21-11-7-18(8-12-21)17-33-29(35)24-25(30(33)36)27(28(34)31-20-9-13-22(38-2)14-10-20)32-16-15-19-5-3-4-6-23(19)26(24)32/h3-16,24-27H,17H2,1-2H3,(H,31,34). The number of nitrogens with zero attached hydrogens (tertiary/aromatic N) is 2. The van der Waals surface area contributed by atoms with Crippen LogP contribution < -0.4 is 14.8 Å². The van der Waals surface area contributed by atoms with Crippen molar-refractivity contribution < 1.29 is 23.9 Å². The maximum atomic E-state index is 13.9. The number of nitrogens with one attached hydrogen (secondary N) is 1. The van der Waals surface area contributed by atoms with Crippen LogP contribution in [0.3, 0.4) is 0 Å². The predicted octanol–water partition coefficient (Wildman–Crippen LogP) is 3.85. The van der Waals surface area contributed by atoms with Gasteiger partial charge in [-0.2, -0.15) is 0 Å². The van der Waals surface area contributed by atoms with Crippen LogP contribution in [0, 0.1) is 11.8 Å². The first-order chi connectivity index (χ1) is 18.5. The van der Waals surface area contributed by atoms with Crippen molar-refractivity contribution in [3.63, 3.8) is 0 Å². The molecule has 0 saturated carbocycles. The summed E-state index contributed by atoms with van der Waals surface area (Å²) in [5.41, 5.74) is 3.33. The molecule has 1 N–H and O–H groups in total. The van der Waals surface area contributed by atoms with Crippen molar-refractivity contribution in [2.45, 2.75) is 18.6 Å². The van der Waals surface area contributed by atoms with Crippen molar-refractivity contribution >= 4 is 29.5 Å². The molecule has 0 spiro atoms. The summed E-state index contributed by atoms with van der Waals surface area (Å²) in [7, 11) is 3.16. The van der Waals surface area contributed by atoms with Gasteiger partial charge < -0.3 is 19.7 Å². The number of likely N-dealkylation sites (tertiary alicyclic amines) is 1. The summed E-state index contributed by atoms with van der Waals surface area (Å²) in [6.45, 7) is 0.145. The van der Waals surface area contributed by atoms with Crippen molar-refractivity contribution in [2.75, 3.05) is 19.5 Å². The van der Waals surface area contributed by atoms with Crippen molar-refractivity contribution in [1.82, 2.24) is 9.80 Å². The van der Waals surface area contributed by atoms with Gasteiger partial charge in [0.25, 0.3) is 0 Å². The molecule has 0 bridgehead atoms. The van der Waals surface area contributed by atoms with E-state index < -0.39 is 23.9 Å². The number of hydrogen-bond acceptors (Lipinski definition) is 6. The summed E-state index contributed by atoms with van der Waals surface area (Å²) < 4.78 is 10.4. The summed E-state index contributed by atoms with van der Waals surface area (Å²) in [4.78, 5) is 44.7. The van der Waals surface area contributed by atoms with Gasteiger partial charge in [-0.25, -0.2) is 0 Å². The maximum Gasteiger partial charge on any atom is 0.247 e. The van der Waals surface area contributed by atoms with E-state index in [1.165, 1.54) is 4.90 Å². The Morgan fingerprint density at radius 3 is 2.16 bits per heavy atom. The van der Waals surface area contributed by atoms with E-state index in [9.17, 15) is 14.4 Å². The minimum atomic E-state index is -0.839. The second kappa shape index (κ2) is 9.37. The van der Waals surface area contributed by atoms with E-state index in [0.29, 0.717) is 17.2 Å². The number of methoxy groups -OCH3 is 2. The molecule has 0 aliphatic carbocycles. The molecule has 0 radical (unpaired) electrons. The number of carbonyl (C=O) groups excluding carboxylic acids is 3. The van der Waals surface area contributed by atoms with Crippen LogP contribution in [0.1, 0.15) is 22.7 Å². The zero-order valence-corrected chi connectivity index (χ0v) is 21.0. The summed E-state index contributed by atoms with van der Waals surface area (Å²) >= 11 is 0. The number of imide groups is 1. The lowest BCUT2D eigenvalue weighted by atomic mass is 9.84. The third-order valence-electron chi connectivity index (χ3n) is 7.68. The molecule has 2 fully saturated rings. The summed E-state index contributed by atoms with van der Waals surface area (Å²) in [6.07, 6.45) is 3.78. The molecule has 8 nitrogen and oxygen atoms in total. The highest BCUT2D eigenvalue weighted by molar-refractivity contribution is 6.10. The number of anilines is 1. The molecule has 8 heteroatoms. The topological polar surface area (TPSA) is 88.2 Å². The minimum absolute atomic E-state index is 0.145. The van der Waals surface area contributed by atoms with E-state index in [1.54, 1.807) is 50.6 Å². The average molecular weight is 510 g/mol. The van der Waals surface area contributed by atoms with Crippen molar-refractivity contribution in [3.05, 3.63) is 95.7 Å². The van der Waals surface area contributed by atoms with Crippen LogP contribution in [0.2, 0.25) is 0 Å². The molecule has 3 amide bonds. The van der Waals surface area contributed by atoms with E-state index in [-0.39, 0.29) is 24.3 Å². The van der Waals surface area contributed by atoms with Crippen LogP contribution in [-0.4, -0.2) is 47.8 Å². The minimum Gasteiger partial charge on any atom is -0.497 e. The van der Waals surface area contributed by atoms with Crippen LogP contribution in [-0.2, 0) is 20.9 Å². The highest BCUT2D eigenvalue weighted by Gasteiger charge is 2.64. The van der Waals surface area contributed by atoms with Gasteiger partial charge >= 0.3 is 0 Å². The van der Waals surface area contributed by atoms with Crippen LogP contribution in [0.25, 0.3) is 6.08 Å². The van der Waals surface area contributed by atoms with E-state index in [2.05, 4.69) is 5.32 Å². The molecule has 192 valence electrons. The maximum absolute atomic E-state index is 13.9. The molecule has 3 aromatic carbocycles. The third-order valence-corrected chi connectivity index (χ3v) is 7.68. The molecule has 3 aliphatic heterocycles. The van der Waals surface area contributed by atoms with Gasteiger partial charge in [0, 0.05) is 11.9 Å². The highest BCUT2D eigenvalue weighted by Crippen LogP contribution is 2.52.